The molecule has 4 nitrogen and oxygen atoms in total. The summed E-state index contributed by atoms with van der Waals surface area (Å²) in [5.74, 6) is 0.888. The second-order valence-electron chi connectivity index (χ2n) is 5.79. The summed E-state index contributed by atoms with van der Waals surface area (Å²) in [6.45, 7) is 0. The molecule has 1 N–H and O–H groups in total. The molecule has 1 fully saturated rings. The maximum absolute atomic E-state index is 12.8. The number of halogens is 1. The highest BCUT2D eigenvalue weighted by atomic mass is 79.9. The lowest BCUT2D eigenvalue weighted by Gasteiger charge is -2.14. The SMILES string of the molecule is O=C(Nc1nnc(SCc2cccs2)s1)C1(c2cccc(Br)c2)CC1. The Bertz CT molecular complexity index is 890. The first-order valence-corrected chi connectivity index (χ1v) is 11.2. The molecule has 2 aromatic heterocycles. The lowest BCUT2D eigenvalue weighted by atomic mass is 9.95. The third-order valence-corrected chi connectivity index (χ3v) is 7.68. The van der Waals surface area contributed by atoms with Crippen molar-refractivity contribution in [2.24, 2.45) is 0 Å². The van der Waals surface area contributed by atoms with Gasteiger partial charge in [-0.15, -0.1) is 21.5 Å². The molecule has 128 valence electrons. The van der Waals surface area contributed by atoms with Gasteiger partial charge in [0.15, 0.2) is 4.34 Å². The molecule has 0 spiro atoms. The number of benzene rings is 1. The van der Waals surface area contributed by atoms with Gasteiger partial charge in [0.1, 0.15) is 0 Å². The Kier molecular flexibility index (Phi) is 4.95. The predicted octanol–water partition coefficient (Wildman–Crippen LogP) is 5.32. The van der Waals surface area contributed by atoms with Crippen LogP contribution in [0.5, 0.6) is 0 Å². The highest BCUT2D eigenvalue weighted by molar-refractivity contribution is 9.10. The third kappa shape index (κ3) is 3.81. The van der Waals surface area contributed by atoms with E-state index in [2.05, 4.69) is 42.9 Å². The van der Waals surface area contributed by atoms with Gasteiger partial charge in [0.05, 0.1) is 5.41 Å². The summed E-state index contributed by atoms with van der Waals surface area (Å²) in [6, 6.07) is 12.1. The van der Waals surface area contributed by atoms with Crippen LogP contribution in [-0.2, 0) is 16.0 Å². The van der Waals surface area contributed by atoms with Crippen LogP contribution in [0.3, 0.4) is 0 Å². The molecule has 4 rings (SSSR count). The molecule has 1 aliphatic rings. The lowest BCUT2D eigenvalue weighted by Crippen LogP contribution is -2.27. The van der Waals surface area contributed by atoms with Crippen molar-refractivity contribution in [1.82, 2.24) is 10.2 Å². The number of rotatable bonds is 6. The molecule has 0 aliphatic heterocycles. The largest absolute Gasteiger partial charge is 0.300 e. The zero-order valence-electron chi connectivity index (χ0n) is 13.1. The van der Waals surface area contributed by atoms with Crippen molar-refractivity contribution >= 4 is 61.4 Å². The summed E-state index contributed by atoms with van der Waals surface area (Å²) in [7, 11) is 0. The molecule has 1 amide bonds. The van der Waals surface area contributed by atoms with Crippen molar-refractivity contribution in [2.75, 3.05) is 5.32 Å². The maximum atomic E-state index is 12.8. The van der Waals surface area contributed by atoms with E-state index in [-0.39, 0.29) is 5.91 Å². The van der Waals surface area contributed by atoms with E-state index in [1.165, 1.54) is 16.2 Å². The molecule has 0 unspecified atom stereocenters. The highest BCUT2D eigenvalue weighted by Crippen LogP contribution is 2.49. The zero-order valence-corrected chi connectivity index (χ0v) is 17.1. The van der Waals surface area contributed by atoms with Gasteiger partial charge >= 0.3 is 0 Å². The minimum atomic E-state index is -0.417. The number of thioether (sulfide) groups is 1. The van der Waals surface area contributed by atoms with Gasteiger partial charge < -0.3 is 0 Å². The van der Waals surface area contributed by atoms with Gasteiger partial charge in [-0.05, 0) is 42.0 Å². The van der Waals surface area contributed by atoms with Gasteiger partial charge in [0, 0.05) is 15.1 Å². The number of carbonyl (C=O) groups excluding carboxylic acids is 1. The van der Waals surface area contributed by atoms with Crippen LogP contribution < -0.4 is 5.32 Å². The van der Waals surface area contributed by atoms with Crippen molar-refractivity contribution < 1.29 is 4.79 Å². The Morgan fingerprint density at radius 1 is 1.28 bits per heavy atom. The second-order valence-corrected chi connectivity index (χ2v) is 9.94. The Hall–Kier alpha value is -1.22. The summed E-state index contributed by atoms with van der Waals surface area (Å²) >= 11 is 8.29. The van der Waals surface area contributed by atoms with E-state index in [4.69, 9.17) is 0 Å². The van der Waals surface area contributed by atoms with Crippen LogP contribution in [0, 0.1) is 0 Å². The molecular weight excluding hydrogens is 438 g/mol. The number of thiophene rings is 1. The van der Waals surface area contributed by atoms with Crippen LogP contribution in [0.4, 0.5) is 5.13 Å². The molecule has 2 heterocycles. The minimum Gasteiger partial charge on any atom is -0.300 e. The number of hydrogen-bond donors (Lipinski definition) is 1. The number of amides is 1. The quantitative estimate of drug-likeness (QED) is 0.406. The van der Waals surface area contributed by atoms with E-state index in [0.717, 1.165) is 33.0 Å². The van der Waals surface area contributed by atoms with Crippen molar-refractivity contribution in [2.45, 2.75) is 28.3 Å². The van der Waals surface area contributed by atoms with Gasteiger partial charge in [-0.3, -0.25) is 10.1 Å². The van der Waals surface area contributed by atoms with Gasteiger partial charge in [-0.25, -0.2) is 0 Å². The van der Waals surface area contributed by atoms with E-state index in [9.17, 15) is 4.79 Å². The fourth-order valence-corrected chi connectivity index (χ4v) is 5.54. The topological polar surface area (TPSA) is 54.9 Å². The Morgan fingerprint density at radius 2 is 2.16 bits per heavy atom. The van der Waals surface area contributed by atoms with E-state index in [1.54, 1.807) is 23.1 Å². The summed E-state index contributed by atoms with van der Waals surface area (Å²) in [5.41, 5.74) is 0.635. The monoisotopic (exact) mass is 451 g/mol. The number of nitrogens with one attached hydrogen (secondary N) is 1. The minimum absolute atomic E-state index is 0.0107. The fourth-order valence-electron chi connectivity index (χ4n) is 2.62. The van der Waals surface area contributed by atoms with Crippen molar-refractivity contribution in [3.05, 3.63) is 56.7 Å². The molecular formula is C17H14BrN3OS3. The van der Waals surface area contributed by atoms with Crippen LogP contribution in [0.2, 0.25) is 0 Å². The van der Waals surface area contributed by atoms with Crippen LogP contribution >= 0.6 is 50.4 Å². The summed E-state index contributed by atoms with van der Waals surface area (Å²) in [4.78, 5) is 14.1. The Labute approximate surface area is 166 Å². The molecule has 1 aliphatic carbocycles. The van der Waals surface area contributed by atoms with Gasteiger partial charge in [0.25, 0.3) is 0 Å². The molecule has 3 aromatic rings. The average Bonchev–Trinajstić information content (AvgIpc) is 3.03. The maximum Gasteiger partial charge on any atom is 0.236 e. The molecule has 0 radical (unpaired) electrons. The first-order chi connectivity index (χ1) is 12.2. The number of hydrogen-bond acceptors (Lipinski definition) is 6. The molecule has 8 heteroatoms. The van der Waals surface area contributed by atoms with Crippen molar-refractivity contribution in [3.8, 4) is 0 Å². The summed E-state index contributed by atoms with van der Waals surface area (Å²) < 4.78 is 1.86. The van der Waals surface area contributed by atoms with Crippen LogP contribution in [0.25, 0.3) is 0 Å². The molecule has 0 saturated heterocycles. The van der Waals surface area contributed by atoms with Gasteiger partial charge in [-0.2, -0.15) is 0 Å². The first kappa shape index (κ1) is 17.2. The van der Waals surface area contributed by atoms with E-state index < -0.39 is 5.41 Å². The predicted molar refractivity (Wildman–Crippen MR) is 107 cm³/mol. The second kappa shape index (κ2) is 7.19. The number of nitrogens with zero attached hydrogens (tertiary/aromatic N) is 2. The molecule has 0 atom stereocenters. The van der Waals surface area contributed by atoms with E-state index in [1.807, 2.05) is 30.3 Å². The van der Waals surface area contributed by atoms with Gasteiger partial charge in [-0.1, -0.05) is 57.2 Å². The zero-order chi connectivity index (χ0) is 17.3. The first-order valence-electron chi connectivity index (χ1n) is 7.72. The Balaban J connectivity index is 1.41. The van der Waals surface area contributed by atoms with Crippen LogP contribution in [-0.4, -0.2) is 16.1 Å². The molecule has 0 bridgehead atoms. The molecule has 25 heavy (non-hydrogen) atoms. The third-order valence-electron chi connectivity index (χ3n) is 4.11. The van der Waals surface area contributed by atoms with Crippen LogP contribution in [0.15, 0.2) is 50.6 Å². The van der Waals surface area contributed by atoms with Crippen molar-refractivity contribution in [3.63, 3.8) is 0 Å². The number of carbonyl (C=O) groups is 1. The highest BCUT2D eigenvalue weighted by Gasteiger charge is 2.51. The Morgan fingerprint density at radius 3 is 2.88 bits per heavy atom. The fraction of sp³-hybridized carbons (Fsp3) is 0.235. The average molecular weight is 452 g/mol. The number of anilines is 1. The smallest absolute Gasteiger partial charge is 0.236 e. The molecule has 1 aromatic carbocycles. The van der Waals surface area contributed by atoms with Crippen LogP contribution in [0.1, 0.15) is 23.3 Å². The normalized spacial score (nSPS) is 15.1. The summed E-state index contributed by atoms with van der Waals surface area (Å²) in [6.07, 6.45) is 1.74. The molecule has 1 saturated carbocycles. The summed E-state index contributed by atoms with van der Waals surface area (Å²) in [5, 5.41) is 13.9. The van der Waals surface area contributed by atoms with E-state index in [0.29, 0.717) is 5.13 Å². The number of aromatic nitrogens is 2. The standard InChI is InChI=1S/C17H14BrN3OS3/c18-12-4-1-3-11(9-12)17(6-7-17)14(22)19-15-20-21-16(25-15)24-10-13-5-2-8-23-13/h1-5,8-9H,6-7,10H2,(H,19,20,22). The van der Waals surface area contributed by atoms with Gasteiger partial charge in [0.2, 0.25) is 11.0 Å². The van der Waals surface area contributed by atoms with E-state index >= 15 is 0 Å². The lowest BCUT2D eigenvalue weighted by molar-refractivity contribution is -0.118. The van der Waals surface area contributed by atoms with Crippen molar-refractivity contribution in [1.29, 1.82) is 0 Å².